The predicted octanol–water partition coefficient (Wildman–Crippen LogP) is -1.20. The normalized spacial score (nSPS) is 11.1. The Balaban J connectivity index is 0.000000218. The highest BCUT2D eigenvalue weighted by Crippen LogP contribution is 1.81. The number of rotatable bonds is 0. The van der Waals surface area contributed by atoms with Crippen LogP contribution in [-0.2, 0) is 11.3 Å². The summed E-state index contributed by atoms with van der Waals surface area (Å²) in [6.45, 7) is 0. The lowest BCUT2D eigenvalue weighted by atomic mass is 10.7. The van der Waals surface area contributed by atoms with Crippen LogP contribution in [0, 0.1) is 0 Å². The summed E-state index contributed by atoms with van der Waals surface area (Å²) in [6.07, 6.45) is 3.20. The number of nitrogen functional groups attached to an aromatic ring is 1. The molecule has 4 N–H and O–H groups in total. The van der Waals surface area contributed by atoms with E-state index in [2.05, 4.69) is 15.1 Å². The van der Waals surface area contributed by atoms with Crippen molar-refractivity contribution in [1.82, 2.24) is 9.97 Å². The van der Waals surface area contributed by atoms with Gasteiger partial charge in [0.15, 0.2) is 0 Å². The third-order valence-corrected chi connectivity index (χ3v) is 0.586. The van der Waals surface area contributed by atoms with Crippen LogP contribution in [0.1, 0.15) is 0 Å². The third kappa shape index (κ3) is 8.95. The molecule has 7 heteroatoms. The molecule has 1 aromatic heterocycles. The van der Waals surface area contributed by atoms with Crippen molar-refractivity contribution in [2.75, 3.05) is 5.73 Å². The first-order chi connectivity index (χ1) is 5.13. The van der Waals surface area contributed by atoms with Crippen molar-refractivity contribution < 1.29 is 8.76 Å². The molecule has 0 bridgehead atoms. The molecular formula is C4H7N4O2S-. The SMILES string of the molecule is NS(=O)[O-].Nc1ncccn1. The summed E-state index contributed by atoms with van der Waals surface area (Å²) in [5.41, 5.74) is 5.14. The van der Waals surface area contributed by atoms with Crippen molar-refractivity contribution in [1.29, 1.82) is 0 Å². The molecule has 0 saturated carbocycles. The van der Waals surface area contributed by atoms with Gasteiger partial charge in [0.25, 0.3) is 0 Å². The highest BCUT2D eigenvalue weighted by molar-refractivity contribution is 7.76. The molecule has 0 aliphatic heterocycles. The van der Waals surface area contributed by atoms with Crippen molar-refractivity contribution >= 4 is 17.2 Å². The summed E-state index contributed by atoms with van der Waals surface area (Å²) >= 11 is -2.36. The maximum atomic E-state index is 8.78. The minimum absolute atomic E-state index is 0.322. The van der Waals surface area contributed by atoms with Gasteiger partial charge in [-0.05, 0) is 6.07 Å². The van der Waals surface area contributed by atoms with Crippen LogP contribution >= 0.6 is 0 Å². The molecule has 62 valence electrons. The van der Waals surface area contributed by atoms with Gasteiger partial charge in [0, 0.05) is 23.7 Å². The maximum Gasteiger partial charge on any atom is 0.219 e. The molecule has 1 rings (SSSR count). The third-order valence-electron chi connectivity index (χ3n) is 0.586. The average Bonchev–Trinajstić information content (AvgIpc) is 1.87. The first-order valence-corrected chi connectivity index (χ1v) is 3.63. The van der Waals surface area contributed by atoms with Gasteiger partial charge < -0.3 is 10.3 Å². The molecule has 0 spiro atoms. The lowest BCUT2D eigenvalue weighted by molar-refractivity contribution is 0.539. The molecule has 1 aromatic rings. The van der Waals surface area contributed by atoms with Gasteiger partial charge in [-0.15, -0.1) is 0 Å². The molecule has 0 radical (unpaired) electrons. The van der Waals surface area contributed by atoms with Crippen molar-refractivity contribution in [2.24, 2.45) is 5.14 Å². The van der Waals surface area contributed by atoms with Gasteiger partial charge in [0.2, 0.25) is 5.95 Å². The first kappa shape index (κ1) is 9.95. The number of aromatic nitrogens is 2. The van der Waals surface area contributed by atoms with Crippen LogP contribution in [0.4, 0.5) is 5.95 Å². The van der Waals surface area contributed by atoms with Gasteiger partial charge in [-0.2, -0.15) is 0 Å². The molecule has 1 heterocycles. The van der Waals surface area contributed by atoms with Gasteiger partial charge in [0.05, 0.1) is 0 Å². The second-order valence-electron chi connectivity index (χ2n) is 1.37. The van der Waals surface area contributed by atoms with E-state index in [1.165, 1.54) is 0 Å². The molecule has 6 nitrogen and oxygen atoms in total. The molecule has 0 fully saturated rings. The maximum absolute atomic E-state index is 8.78. The quantitative estimate of drug-likeness (QED) is 0.480. The molecule has 0 amide bonds. The van der Waals surface area contributed by atoms with E-state index in [1.54, 1.807) is 18.5 Å². The molecule has 0 aromatic carbocycles. The number of hydrogen-bond donors (Lipinski definition) is 2. The molecule has 1 unspecified atom stereocenters. The fourth-order valence-electron chi connectivity index (χ4n) is 0.311. The Hall–Kier alpha value is -1.05. The predicted molar refractivity (Wildman–Crippen MR) is 39.6 cm³/mol. The lowest BCUT2D eigenvalue weighted by Gasteiger charge is -1.85. The standard InChI is InChI=1S/C4H5N3.H3NO2S/c5-4-6-2-1-3-7-4;1-4(2)3/h1-3H,(H2,5,6,7);1H2,(H,2,3)/p-1. The summed E-state index contributed by atoms with van der Waals surface area (Å²) in [7, 11) is 0. The van der Waals surface area contributed by atoms with E-state index in [-0.39, 0.29) is 0 Å². The number of nitrogens with two attached hydrogens (primary N) is 2. The fraction of sp³-hybridized carbons (Fsp3) is 0. The van der Waals surface area contributed by atoms with E-state index in [4.69, 9.17) is 14.5 Å². The molecule has 11 heavy (non-hydrogen) atoms. The van der Waals surface area contributed by atoms with Crippen molar-refractivity contribution in [3.8, 4) is 0 Å². The van der Waals surface area contributed by atoms with E-state index >= 15 is 0 Å². The Bertz CT molecular complexity index is 213. The summed E-state index contributed by atoms with van der Waals surface area (Å²) in [6, 6.07) is 1.72. The smallest absolute Gasteiger partial charge is 0.219 e. The summed E-state index contributed by atoms with van der Waals surface area (Å²) in [4.78, 5) is 7.29. The van der Waals surface area contributed by atoms with Crippen LogP contribution in [0.15, 0.2) is 18.5 Å². The zero-order valence-corrected chi connectivity index (χ0v) is 6.32. The van der Waals surface area contributed by atoms with E-state index < -0.39 is 11.3 Å². The largest absolute Gasteiger partial charge is 0.760 e. The number of anilines is 1. The molecular weight excluding hydrogens is 168 g/mol. The van der Waals surface area contributed by atoms with Crippen molar-refractivity contribution in [3.05, 3.63) is 18.5 Å². The average molecular weight is 175 g/mol. The van der Waals surface area contributed by atoms with Crippen LogP contribution in [0.3, 0.4) is 0 Å². The second kappa shape index (κ2) is 5.71. The summed E-state index contributed by atoms with van der Waals surface area (Å²) < 4.78 is 17.6. The van der Waals surface area contributed by atoms with E-state index in [9.17, 15) is 0 Å². The van der Waals surface area contributed by atoms with Crippen LogP contribution in [-0.4, -0.2) is 18.7 Å². The Morgan fingerprint density at radius 2 is 1.82 bits per heavy atom. The van der Waals surface area contributed by atoms with Crippen molar-refractivity contribution in [2.45, 2.75) is 0 Å². The van der Waals surface area contributed by atoms with E-state index in [1.807, 2.05) is 0 Å². The summed E-state index contributed by atoms with van der Waals surface area (Å²) in [5.74, 6) is 0.322. The number of nitrogens with zero attached hydrogens (tertiary/aromatic N) is 2. The van der Waals surface area contributed by atoms with E-state index in [0.29, 0.717) is 5.95 Å². The molecule has 1 atom stereocenters. The van der Waals surface area contributed by atoms with Crippen LogP contribution in [0.5, 0.6) is 0 Å². The monoisotopic (exact) mass is 175 g/mol. The first-order valence-electron chi connectivity index (χ1n) is 2.49. The minimum atomic E-state index is -2.36. The van der Waals surface area contributed by atoms with Crippen molar-refractivity contribution in [3.63, 3.8) is 0 Å². The van der Waals surface area contributed by atoms with Gasteiger partial charge in [-0.1, -0.05) is 0 Å². The zero-order chi connectivity index (χ0) is 8.69. The minimum Gasteiger partial charge on any atom is -0.760 e. The Kier molecular flexibility index (Phi) is 5.17. The highest BCUT2D eigenvalue weighted by atomic mass is 32.2. The topological polar surface area (TPSA) is 118 Å². The Morgan fingerprint density at radius 3 is 2.00 bits per heavy atom. The van der Waals surface area contributed by atoms with Crippen LogP contribution < -0.4 is 10.9 Å². The molecule has 0 aliphatic carbocycles. The molecule has 0 saturated heterocycles. The van der Waals surface area contributed by atoms with E-state index in [0.717, 1.165) is 0 Å². The van der Waals surface area contributed by atoms with Gasteiger partial charge >= 0.3 is 0 Å². The van der Waals surface area contributed by atoms with Gasteiger partial charge in [-0.3, -0.25) is 9.35 Å². The second-order valence-corrected chi connectivity index (χ2v) is 1.89. The van der Waals surface area contributed by atoms with Crippen LogP contribution in [0.2, 0.25) is 0 Å². The van der Waals surface area contributed by atoms with Gasteiger partial charge in [0.1, 0.15) is 0 Å². The molecule has 0 aliphatic rings. The zero-order valence-electron chi connectivity index (χ0n) is 5.51. The fourth-order valence-corrected chi connectivity index (χ4v) is 0.311. The summed E-state index contributed by atoms with van der Waals surface area (Å²) in [5, 5.41) is 4.03. The Labute approximate surface area is 66.1 Å². The lowest BCUT2D eigenvalue weighted by Crippen LogP contribution is -1.97. The van der Waals surface area contributed by atoms with Crippen LogP contribution in [0.25, 0.3) is 0 Å². The Morgan fingerprint density at radius 1 is 1.45 bits per heavy atom. The van der Waals surface area contributed by atoms with Gasteiger partial charge in [-0.25, -0.2) is 9.97 Å². The number of hydrogen-bond acceptors (Lipinski definition) is 5. The highest BCUT2D eigenvalue weighted by Gasteiger charge is 1.75.